The van der Waals surface area contributed by atoms with Gasteiger partial charge in [-0.05, 0) is 49.9 Å². The lowest BCUT2D eigenvalue weighted by Gasteiger charge is -2.18. The van der Waals surface area contributed by atoms with Crippen LogP contribution >= 0.6 is 0 Å². The highest BCUT2D eigenvalue weighted by atomic mass is 32.2. The number of benzene rings is 1. The number of hydrogen-bond donors (Lipinski definition) is 0. The third-order valence-electron chi connectivity index (χ3n) is 4.17. The zero-order chi connectivity index (χ0) is 18.8. The molecule has 138 valence electrons. The minimum Gasteiger partial charge on any atom is -0.492 e. The summed E-state index contributed by atoms with van der Waals surface area (Å²) in [5.41, 5.74) is 2.82. The van der Waals surface area contributed by atoms with E-state index in [-0.39, 0.29) is 18.0 Å². The first-order valence-corrected chi connectivity index (χ1v) is 9.71. The van der Waals surface area contributed by atoms with Crippen molar-refractivity contribution in [3.63, 3.8) is 0 Å². The van der Waals surface area contributed by atoms with Crippen molar-refractivity contribution in [1.29, 1.82) is 0 Å². The van der Waals surface area contributed by atoms with E-state index in [0.29, 0.717) is 17.4 Å². The van der Waals surface area contributed by atoms with E-state index < -0.39 is 10.0 Å². The first kappa shape index (κ1) is 19.5. The van der Waals surface area contributed by atoms with Crippen LogP contribution in [0.1, 0.15) is 42.3 Å². The highest BCUT2D eigenvalue weighted by Gasteiger charge is 2.28. The van der Waals surface area contributed by atoms with Crippen LogP contribution in [-0.2, 0) is 10.0 Å². The van der Waals surface area contributed by atoms with Crippen LogP contribution in [0.3, 0.4) is 0 Å². The molecule has 0 fully saturated rings. The Morgan fingerprint density at radius 1 is 1.24 bits per heavy atom. The Labute approximate surface area is 149 Å². The average Bonchev–Trinajstić information content (AvgIpc) is 2.86. The summed E-state index contributed by atoms with van der Waals surface area (Å²) in [5.74, 6) is 1.50. The molecule has 0 radical (unpaired) electrons. The van der Waals surface area contributed by atoms with Crippen molar-refractivity contribution in [2.75, 3.05) is 20.2 Å². The van der Waals surface area contributed by atoms with Crippen LogP contribution in [0.2, 0.25) is 0 Å². The Morgan fingerprint density at radius 3 is 2.44 bits per heavy atom. The monoisotopic (exact) mass is 366 g/mol. The summed E-state index contributed by atoms with van der Waals surface area (Å²) in [6.45, 7) is 10.1. The first-order chi connectivity index (χ1) is 11.6. The molecule has 0 aliphatic carbocycles. The van der Waals surface area contributed by atoms with Gasteiger partial charge >= 0.3 is 0 Å². The molecule has 1 heterocycles. The molecular weight excluding hydrogens is 340 g/mol. The fourth-order valence-electron chi connectivity index (χ4n) is 2.80. The van der Waals surface area contributed by atoms with Crippen molar-refractivity contribution in [2.24, 2.45) is 0 Å². The molecule has 7 heteroatoms. The molecule has 2 rings (SSSR count). The van der Waals surface area contributed by atoms with Gasteiger partial charge in [-0.2, -0.15) is 4.31 Å². The van der Waals surface area contributed by atoms with Crippen molar-refractivity contribution in [2.45, 2.75) is 45.4 Å². The maximum absolute atomic E-state index is 12.6. The lowest BCUT2D eigenvalue weighted by molar-refractivity contribution is 0.286. The number of sulfonamides is 1. The molecule has 1 aromatic carbocycles. The third-order valence-corrected chi connectivity index (χ3v) is 6.28. The summed E-state index contributed by atoms with van der Waals surface area (Å²) in [6.07, 6.45) is 0. The van der Waals surface area contributed by atoms with E-state index in [1.807, 2.05) is 12.1 Å². The number of ether oxygens (including phenoxy) is 1. The maximum Gasteiger partial charge on any atom is 0.248 e. The van der Waals surface area contributed by atoms with Crippen molar-refractivity contribution >= 4 is 10.0 Å². The molecule has 0 saturated carbocycles. The van der Waals surface area contributed by atoms with Gasteiger partial charge < -0.3 is 9.26 Å². The molecule has 0 atom stereocenters. The summed E-state index contributed by atoms with van der Waals surface area (Å²) in [4.78, 5) is 0.132. The standard InChI is InChI=1S/C18H26N2O4S/c1-12(2)17-8-7-16(11-13(17)3)23-10-9-20(6)25(21,22)18-14(4)19-24-15(18)5/h7-8,11-12H,9-10H2,1-6H3. The van der Waals surface area contributed by atoms with Crippen LogP contribution < -0.4 is 4.74 Å². The topological polar surface area (TPSA) is 72.6 Å². The highest BCUT2D eigenvalue weighted by Crippen LogP contribution is 2.24. The van der Waals surface area contributed by atoms with Crippen LogP contribution in [0.25, 0.3) is 0 Å². The molecule has 0 spiro atoms. The Bertz CT molecular complexity index is 821. The molecule has 25 heavy (non-hydrogen) atoms. The predicted molar refractivity (Wildman–Crippen MR) is 96.6 cm³/mol. The van der Waals surface area contributed by atoms with Gasteiger partial charge in [-0.25, -0.2) is 8.42 Å². The fourth-order valence-corrected chi connectivity index (χ4v) is 4.23. The first-order valence-electron chi connectivity index (χ1n) is 8.27. The summed E-state index contributed by atoms with van der Waals surface area (Å²) in [7, 11) is -2.11. The molecule has 0 aliphatic rings. The Kier molecular flexibility index (Phi) is 5.90. The van der Waals surface area contributed by atoms with Crippen LogP contribution in [-0.4, -0.2) is 38.1 Å². The zero-order valence-corrected chi connectivity index (χ0v) is 16.5. The zero-order valence-electron chi connectivity index (χ0n) is 15.7. The predicted octanol–water partition coefficient (Wildman–Crippen LogP) is 3.42. The fraction of sp³-hybridized carbons (Fsp3) is 0.500. The number of aromatic nitrogens is 1. The second-order valence-electron chi connectivity index (χ2n) is 6.50. The van der Waals surface area contributed by atoms with Gasteiger partial charge in [0.05, 0.1) is 0 Å². The van der Waals surface area contributed by atoms with Crippen LogP contribution in [0.5, 0.6) is 5.75 Å². The Balaban J connectivity index is 2.01. The number of aryl methyl sites for hydroxylation is 3. The number of nitrogens with zero attached hydrogens (tertiary/aromatic N) is 2. The quantitative estimate of drug-likeness (QED) is 0.751. The normalized spacial score (nSPS) is 12.2. The van der Waals surface area contributed by atoms with Crippen LogP contribution in [0.4, 0.5) is 0 Å². The van der Waals surface area contributed by atoms with E-state index >= 15 is 0 Å². The van der Waals surface area contributed by atoms with Gasteiger partial charge in [0.2, 0.25) is 10.0 Å². The van der Waals surface area contributed by atoms with E-state index in [4.69, 9.17) is 9.26 Å². The second-order valence-corrected chi connectivity index (χ2v) is 8.48. The molecule has 0 saturated heterocycles. The summed E-state index contributed by atoms with van der Waals surface area (Å²) >= 11 is 0. The van der Waals surface area contributed by atoms with Crippen LogP contribution in [0, 0.1) is 20.8 Å². The van der Waals surface area contributed by atoms with Crippen molar-refractivity contribution in [3.05, 3.63) is 40.8 Å². The van der Waals surface area contributed by atoms with Gasteiger partial charge in [-0.15, -0.1) is 0 Å². The lowest BCUT2D eigenvalue weighted by Crippen LogP contribution is -2.31. The third kappa shape index (κ3) is 4.22. The van der Waals surface area contributed by atoms with Gasteiger partial charge in [0, 0.05) is 13.6 Å². The largest absolute Gasteiger partial charge is 0.492 e. The smallest absolute Gasteiger partial charge is 0.248 e. The van der Waals surface area contributed by atoms with E-state index in [0.717, 1.165) is 5.75 Å². The number of rotatable bonds is 7. The molecule has 0 bridgehead atoms. The van der Waals surface area contributed by atoms with Gasteiger partial charge in [-0.3, -0.25) is 0 Å². The van der Waals surface area contributed by atoms with Gasteiger partial charge in [0.15, 0.2) is 5.76 Å². The minimum absolute atomic E-state index is 0.132. The van der Waals surface area contributed by atoms with Crippen molar-refractivity contribution < 1.29 is 17.7 Å². The molecule has 0 aliphatic heterocycles. The molecule has 1 aromatic heterocycles. The molecule has 0 amide bonds. The van der Waals surface area contributed by atoms with Crippen LogP contribution in [0.15, 0.2) is 27.6 Å². The number of likely N-dealkylation sites (N-methyl/N-ethyl adjacent to an activating group) is 1. The highest BCUT2D eigenvalue weighted by molar-refractivity contribution is 7.89. The molecule has 6 nitrogen and oxygen atoms in total. The van der Waals surface area contributed by atoms with Gasteiger partial charge in [0.25, 0.3) is 0 Å². The lowest BCUT2D eigenvalue weighted by atomic mass is 9.98. The van der Waals surface area contributed by atoms with Gasteiger partial charge in [-0.1, -0.05) is 25.1 Å². The second kappa shape index (κ2) is 7.58. The summed E-state index contributed by atoms with van der Waals surface area (Å²) in [6, 6.07) is 5.96. The molecule has 0 N–H and O–H groups in total. The summed E-state index contributed by atoms with van der Waals surface area (Å²) in [5, 5.41) is 3.71. The van der Waals surface area contributed by atoms with E-state index in [2.05, 4.69) is 32.0 Å². The average molecular weight is 366 g/mol. The van der Waals surface area contributed by atoms with Crippen molar-refractivity contribution in [1.82, 2.24) is 9.46 Å². The SMILES string of the molecule is Cc1cc(OCCN(C)S(=O)(=O)c2c(C)noc2C)ccc1C(C)C. The summed E-state index contributed by atoms with van der Waals surface area (Å²) < 4.78 is 37.2. The van der Waals surface area contributed by atoms with E-state index in [1.165, 1.54) is 22.5 Å². The maximum atomic E-state index is 12.6. The molecule has 2 aromatic rings. The Hall–Kier alpha value is -1.86. The van der Waals surface area contributed by atoms with Crippen molar-refractivity contribution in [3.8, 4) is 5.75 Å². The van der Waals surface area contributed by atoms with E-state index in [1.54, 1.807) is 13.8 Å². The number of hydrogen-bond acceptors (Lipinski definition) is 5. The Morgan fingerprint density at radius 2 is 1.92 bits per heavy atom. The molecule has 0 unspecified atom stereocenters. The molecular formula is C18H26N2O4S. The van der Waals surface area contributed by atoms with E-state index in [9.17, 15) is 8.42 Å². The van der Waals surface area contributed by atoms with Gasteiger partial charge in [0.1, 0.15) is 22.9 Å². The minimum atomic E-state index is -3.64.